The maximum absolute atomic E-state index is 11.7. The lowest BCUT2D eigenvalue weighted by atomic mass is 9.99. The van der Waals surface area contributed by atoms with Crippen molar-refractivity contribution < 1.29 is 24.2 Å². The van der Waals surface area contributed by atoms with Crippen molar-refractivity contribution >= 4 is 29.5 Å². The van der Waals surface area contributed by atoms with Gasteiger partial charge in [-0.3, -0.25) is 14.4 Å². The minimum Gasteiger partial charge on any atom is -0.480 e. The molecule has 2 rings (SSSR count). The molecule has 0 saturated carbocycles. The van der Waals surface area contributed by atoms with Crippen LogP contribution in [0.5, 0.6) is 0 Å². The number of carboxylic acid groups (broad SMARTS) is 1. The van der Waals surface area contributed by atoms with Gasteiger partial charge in [-0.1, -0.05) is 0 Å². The summed E-state index contributed by atoms with van der Waals surface area (Å²) in [6.07, 6.45) is 0.437. The first kappa shape index (κ1) is 15.1. The Hall–Kier alpha value is -1.28. The van der Waals surface area contributed by atoms with Crippen LogP contribution in [0.4, 0.5) is 0 Å². The second-order valence-electron chi connectivity index (χ2n) is 5.02. The van der Waals surface area contributed by atoms with Crippen LogP contribution in [0, 0.1) is 0 Å². The number of nitrogens with zero attached hydrogens (tertiary/aromatic N) is 1. The van der Waals surface area contributed by atoms with Gasteiger partial charge in [0.1, 0.15) is 10.1 Å². The number of β-lactam (4-membered cyclic amide) rings is 1. The van der Waals surface area contributed by atoms with E-state index in [4.69, 9.17) is 4.74 Å². The number of nitrogens with one attached hydrogen (secondary N) is 1. The molecule has 0 radical (unpaired) electrons. The number of hydrogen-bond donors (Lipinski definition) is 2. The van der Waals surface area contributed by atoms with E-state index in [1.165, 1.54) is 25.8 Å². The first-order chi connectivity index (χ1) is 9.41. The predicted molar refractivity (Wildman–Crippen MR) is 72.2 cm³/mol. The summed E-state index contributed by atoms with van der Waals surface area (Å²) in [6.45, 7) is 2.07. The number of methoxy groups -OCH3 is 1. The molecule has 0 aliphatic carbocycles. The van der Waals surface area contributed by atoms with Gasteiger partial charge in [0.15, 0.2) is 6.10 Å². The third-order valence-electron chi connectivity index (χ3n) is 3.64. The summed E-state index contributed by atoms with van der Waals surface area (Å²) in [6, 6.07) is 0. The highest BCUT2D eigenvalue weighted by atomic mass is 32.2. The third-order valence-corrected chi connectivity index (χ3v) is 5.34. The van der Waals surface area contributed by atoms with Gasteiger partial charge in [-0.2, -0.15) is 0 Å². The quantitative estimate of drug-likeness (QED) is 0.514. The summed E-state index contributed by atoms with van der Waals surface area (Å²) in [4.78, 5) is 35.7. The van der Waals surface area contributed by atoms with Gasteiger partial charge in [0.2, 0.25) is 5.91 Å². The summed E-state index contributed by atoms with van der Waals surface area (Å²) in [7, 11) is 1.46. The molecule has 2 saturated heterocycles. The zero-order chi connectivity index (χ0) is 14.9. The van der Waals surface area contributed by atoms with E-state index in [1.54, 1.807) is 4.90 Å². The normalized spacial score (nSPS) is 31.7. The molecule has 0 aromatic rings. The molecule has 2 fully saturated rings. The van der Waals surface area contributed by atoms with Gasteiger partial charge in [0.25, 0.3) is 5.91 Å². The van der Waals surface area contributed by atoms with Crippen molar-refractivity contribution in [1.82, 2.24) is 10.2 Å². The van der Waals surface area contributed by atoms with Gasteiger partial charge in [0.05, 0.1) is 0 Å². The average molecular weight is 302 g/mol. The van der Waals surface area contributed by atoms with Crippen molar-refractivity contribution in [2.24, 2.45) is 0 Å². The smallest absolute Gasteiger partial charge is 0.321 e. The van der Waals surface area contributed by atoms with E-state index in [-0.39, 0.29) is 23.7 Å². The minimum absolute atomic E-state index is 0.133. The Morgan fingerprint density at radius 1 is 1.60 bits per heavy atom. The number of amides is 2. The lowest BCUT2D eigenvalue weighted by Gasteiger charge is -2.40. The highest BCUT2D eigenvalue weighted by Crippen LogP contribution is 2.49. The van der Waals surface area contributed by atoms with Gasteiger partial charge in [-0.25, -0.2) is 0 Å². The monoisotopic (exact) mass is 302 g/mol. The van der Waals surface area contributed by atoms with E-state index in [1.807, 2.05) is 0 Å². The van der Waals surface area contributed by atoms with Crippen LogP contribution < -0.4 is 5.32 Å². The largest absolute Gasteiger partial charge is 0.480 e. The standard InChI is InChI=1S/C12H18N2O5S/c1-7(15)13-5-3-4-12(11(17)18)6-14-9(16)8(19-2)10(14)20-12/h8,10H,3-6H2,1-2H3,(H,13,15)(H,17,18)/t8?,10-,12?/m1/s1. The number of aliphatic carboxylic acids is 1. The molecule has 2 heterocycles. The van der Waals surface area contributed by atoms with Crippen LogP contribution in [0.15, 0.2) is 0 Å². The average Bonchev–Trinajstić information content (AvgIpc) is 2.72. The van der Waals surface area contributed by atoms with Gasteiger partial charge >= 0.3 is 5.97 Å². The number of ether oxygens (including phenoxy) is 1. The molecular weight excluding hydrogens is 284 g/mol. The minimum atomic E-state index is -0.994. The second-order valence-corrected chi connectivity index (χ2v) is 6.52. The molecule has 2 aliphatic rings. The molecular formula is C12H18N2O5S. The van der Waals surface area contributed by atoms with Crippen molar-refractivity contribution in [2.45, 2.75) is 36.0 Å². The van der Waals surface area contributed by atoms with Crippen LogP contribution in [-0.2, 0) is 19.1 Å². The SMILES string of the molecule is COC1C(=O)N2CC(CCCNC(C)=O)(C(=O)O)S[C@H]12. The molecule has 0 aromatic carbocycles. The topological polar surface area (TPSA) is 95.9 Å². The lowest BCUT2D eigenvalue weighted by molar-refractivity contribution is -0.161. The number of thioether (sulfide) groups is 1. The molecule has 2 unspecified atom stereocenters. The summed E-state index contributed by atoms with van der Waals surface area (Å²) in [5.74, 6) is -1.19. The van der Waals surface area contributed by atoms with Crippen molar-refractivity contribution in [2.75, 3.05) is 20.2 Å². The number of carbonyl (C=O) groups is 3. The Balaban J connectivity index is 1.97. The van der Waals surface area contributed by atoms with Crippen LogP contribution in [0.1, 0.15) is 19.8 Å². The molecule has 0 spiro atoms. The zero-order valence-corrected chi connectivity index (χ0v) is 12.2. The molecule has 7 nitrogen and oxygen atoms in total. The molecule has 20 heavy (non-hydrogen) atoms. The Kier molecular flexibility index (Phi) is 4.24. The molecule has 2 N–H and O–H groups in total. The van der Waals surface area contributed by atoms with Crippen LogP contribution in [0.3, 0.4) is 0 Å². The van der Waals surface area contributed by atoms with E-state index in [0.717, 1.165) is 0 Å². The molecule has 2 aliphatic heterocycles. The molecule has 2 amide bonds. The fourth-order valence-electron chi connectivity index (χ4n) is 2.55. The molecule has 0 aromatic heterocycles. The van der Waals surface area contributed by atoms with Gasteiger partial charge in [-0.15, -0.1) is 11.8 Å². The van der Waals surface area contributed by atoms with Crippen LogP contribution in [0.2, 0.25) is 0 Å². The van der Waals surface area contributed by atoms with Crippen molar-refractivity contribution in [3.05, 3.63) is 0 Å². The fraction of sp³-hybridized carbons (Fsp3) is 0.750. The van der Waals surface area contributed by atoms with Crippen LogP contribution >= 0.6 is 11.8 Å². The molecule has 8 heteroatoms. The summed E-state index contributed by atoms with van der Waals surface area (Å²) < 4.78 is 4.09. The van der Waals surface area contributed by atoms with Crippen LogP contribution in [-0.4, -0.2) is 64.2 Å². The van der Waals surface area contributed by atoms with E-state index >= 15 is 0 Å². The predicted octanol–water partition coefficient (Wildman–Crippen LogP) is -0.344. The summed E-state index contributed by atoms with van der Waals surface area (Å²) >= 11 is 1.28. The van der Waals surface area contributed by atoms with Crippen LogP contribution in [0.25, 0.3) is 0 Å². The van der Waals surface area contributed by atoms with Crippen molar-refractivity contribution in [3.63, 3.8) is 0 Å². The third kappa shape index (κ3) is 2.49. The van der Waals surface area contributed by atoms with E-state index < -0.39 is 16.8 Å². The summed E-state index contributed by atoms with van der Waals surface area (Å²) in [5, 5.41) is 11.9. The van der Waals surface area contributed by atoms with E-state index in [2.05, 4.69) is 5.32 Å². The first-order valence-corrected chi connectivity index (χ1v) is 7.28. The number of hydrogen-bond acceptors (Lipinski definition) is 5. The van der Waals surface area contributed by atoms with Gasteiger partial charge in [0, 0.05) is 27.1 Å². The van der Waals surface area contributed by atoms with E-state index in [0.29, 0.717) is 19.4 Å². The Bertz CT molecular complexity index is 444. The fourth-order valence-corrected chi connectivity index (χ4v) is 4.24. The second kappa shape index (κ2) is 5.61. The van der Waals surface area contributed by atoms with Gasteiger partial charge < -0.3 is 20.1 Å². The van der Waals surface area contributed by atoms with Crippen molar-refractivity contribution in [3.8, 4) is 0 Å². The highest BCUT2D eigenvalue weighted by molar-refractivity contribution is 8.02. The maximum atomic E-state index is 11.7. The number of carbonyl (C=O) groups excluding carboxylic acids is 2. The Labute approximate surface area is 121 Å². The van der Waals surface area contributed by atoms with E-state index in [9.17, 15) is 19.5 Å². The molecule has 3 atom stereocenters. The first-order valence-electron chi connectivity index (χ1n) is 6.40. The lowest BCUT2D eigenvalue weighted by Crippen LogP contribution is -2.61. The highest BCUT2D eigenvalue weighted by Gasteiger charge is 2.61. The number of carboxylic acids is 1. The Morgan fingerprint density at radius 3 is 2.85 bits per heavy atom. The number of fused-ring (bicyclic) bond motifs is 1. The number of rotatable bonds is 6. The maximum Gasteiger partial charge on any atom is 0.321 e. The van der Waals surface area contributed by atoms with Crippen molar-refractivity contribution in [1.29, 1.82) is 0 Å². The Morgan fingerprint density at radius 2 is 2.30 bits per heavy atom. The van der Waals surface area contributed by atoms with Gasteiger partial charge in [-0.05, 0) is 12.8 Å². The summed E-state index contributed by atoms with van der Waals surface area (Å²) in [5.41, 5.74) is 0. The molecule has 112 valence electrons. The zero-order valence-electron chi connectivity index (χ0n) is 11.4. The molecule has 0 bridgehead atoms.